The highest BCUT2D eigenvalue weighted by Crippen LogP contribution is 2.15. The van der Waals surface area contributed by atoms with Crippen LogP contribution in [0.1, 0.15) is 6.42 Å². The molecule has 0 spiro atoms. The SMILES string of the molecule is O=C1C=CC(=CC=C2C=CN(CCCN3C=CC(=CC=C4C=CC(=O)C=C4)C=C3)C=C2)C=C1. The number of hydrogen-bond acceptors (Lipinski definition) is 4. The van der Waals surface area contributed by atoms with Crippen molar-refractivity contribution in [3.63, 3.8) is 0 Å². The van der Waals surface area contributed by atoms with Gasteiger partial charge in [0.2, 0.25) is 0 Å². The molecule has 0 N–H and O–H groups in total. The van der Waals surface area contributed by atoms with Crippen molar-refractivity contribution in [2.45, 2.75) is 6.42 Å². The van der Waals surface area contributed by atoms with Gasteiger partial charge in [-0.15, -0.1) is 0 Å². The van der Waals surface area contributed by atoms with Crippen molar-refractivity contribution < 1.29 is 9.59 Å². The lowest BCUT2D eigenvalue weighted by Crippen LogP contribution is -2.20. The van der Waals surface area contributed by atoms with Crippen molar-refractivity contribution in [2.24, 2.45) is 0 Å². The third kappa shape index (κ3) is 6.91. The van der Waals surface area contributed by atoms with Crippen molar-refractivity contribution in [3.8, 4) is 0 Å². The van der Waals surface area contributed by atoms with E-state index in [1.54, 1.807) is 24.3 Å². The molecule has 2 heterocycles. The molecule has 0 unspecified atom stereocenters. The van der Waals surface area contributed by atoms with E-state index in [9.17, 15) is 9.59 Å². The van der Waals surface area contributed by atoms with Gasteiger partial charge >= 0.3 is 0 Å². The molecule has 0 fully saturated rings. The number of carbonyl (C=O) groups is 2. The van der Waals surface area contributed by atoms with E-state index in [-0.39, 0.29) is 11.6 Å². The molecular weight excluding hydrogens is 408 g/mol. The van der Waals surface area contributed by atoms with E-state index in [4.69, 9.17) is 0 Å². The monoisotopic (exact) mass is 434 g/mol. The van der Waals surface area contributed by atoms with Gasteiger partial charge in [-0.3, -0.25) is 9.59 Å². The lowest BCUT2D eigenvalue weighted by atomic mass is 10.1. The summed E-state index contributed by atoms with van der Waals surface area (Å²) in [5.74, 6) is 0.0603. The molecular formula is C29H26N2O2. The van der Waals surface area contributed by atoms with E-state index in [0.29, 0.717) is 0 Å². The highest BCUT2D eigenvalue weighted by Gasteiger charge is 2.04. The van der Waals surface area contributed by atoms with Gasteiger partial charge in [-0.05, 0) is 77.3 Å². The summed E-state index contributed by atoms with van der Waals surface area (Å²) in [6.07, 6.45) is 39.6. The van der Waals surface area contributed by atoms with Gasteiger partial charge in [-0.2, -0.15) is 0 Å². The first-order chi connectivity index (χ1) is 16.1. The number of carbonyl (C=O) groups excluding carboxylic acids is 2. The van der Waals surface area contributed by atoms with Crippen LogP contribution >= 0.6 is 0 Å². The maximum Gasteiger partial charge on any atom is 0.178 e. The topological polar surface area (TPSA) is 40.6 Å². The van der Waals surface area contributed by atoms with E-state index in [1.807, 2.05) is 36.5 Å². The Bertz CT molecular complexity index is 1010. The fourth-order valence-electron chi connectivity index (χ4n) is 3.44. The van der Waals surface area contributed by atoms with Crippen LogP contribution in [0.4, 0.5) is 0 Å². The van der Waals surface area contributed by atoms with E-state index in [0.717, 1.165) is 41.8 Å². The van der Waals surface area contributed by atoms with Crippen LogP contribution in [0.3, 0.4) is 0 Å². The maximum absolute atomic E-state index is 11.2. The number of hydrogen-bond donors (Lipinski definition) is 0. The second kappa shape index (κ2) is 10.9. The second-order valence-corrected chi connectivity index (χ2v) is 7.90. The van der Waals surface area contributed by atoms with Crippen LogP contribution in [0.25, 0.3) is 0 Å². The summed E-state index contributed by atoms with van der Waals surface area (Å²) in [6, 6.07) is 0. The third-order valence-electron chi connectivity index (χ3n) is 5.36. The van der Waals surface area contributed by atoms with Gasteiger partial charge in [0.05, 0.1) is 0 Å². The summed E-state index contributed by atoms with van der Waals surface area (Å²) in [7, 11) is 0. The predicted molar refractivity (Wildman–Crippen MR) is 133 cm³/mol. The third-order valence-corrected chi connectivity index (χ3v) is 5.36. The largest absolute Gasteiger partial charge is 0.354 e. The molecule has 4 nitrogen and oxygen atoms in total. The standard InChI is InChI=1S/C29H26N2O2/c32-28-10-6-24(7-11-28)2-4-26-14-20-30(21-15-26)18-1-19-31-22-16-27(17-23-31)5-3-25-8-12-29(33)13-9-25/h2-17,20-23H,1,18-19H2. The molecule has 2 aliphatic carbocycles. The van der Waals surface area contributed by atoms with Gasteiger partial charge in [-0.25, -0.2) is 0 Å². The van der Waals surface area contributed by atoms with Crippen molar-refractivity contribution in [3.05, 3.63) is 144 Å². The molecule has 164 valence electrons. The van der Waals surface area contributed by atoms with Crippen LogP contribution in [0.2, 0.25) is 0 Å². The molecule has 0 amide bonds. The van der Waals surface area contributed by atoms with Crippen LogP contribution in [0.5, 0.6) is 0 Å². The van der Waals surface area contributed by atoms with Gasteiger partial charge in [-0.1, -0.05) is 48.6 Å². The Kier molecular flexibility index (Phi) is 7.29. The number of nitrogens with zero attached hydrogens (tertiary/aromatic N) is 2. The van der Waals surface area contributed by atoms with Gasteiger partial charge < -0.3 is 9.80 Å². The fourth-order valence-corrected chi connectivity index (χ4v) is 3.44. The zero-order chi connectivity index (χ0) is 22.9. The van der Waals surface area contributed by atoms with Crippen molar-refractivity contribution in [2.75, 3.05) is 13.1 Å². The molecule has 0 radical (unpaired) electrons. The summed E-state index contributed by atoms with van der Waals surface area (Å²) >= 11 is 0. The molecule has 4 heteroatoms. The summed E-state index contributed by atoms with van der Waals surface area (Å²) in [6.45, 7) is 1.89. The molecule has 0 aromatic heterocycles. The van der Waals surface area contributed by atoms with Gasteiger partial charge in [0.25, 0.3) is 0 Å². The zero-order valence-corrected chi connectivity index (χ0v) is 18.4. The Morgan fingerprint density at radius 2 is 0.758 bits per heavy atom. The number of rotatable bonds is 6. The van der Waals surface area contributed by atoms with Gasteiger partial charge in [0, 0.05) is 37.9 Å². The summed E-state index contributed by atoms with van der Waals surface area (Å²) < 4.78 is 0. The molecule has 0 bridgehead atoms. The minimum absolute atomic E-state index is 0.0302. The van der Waals surface area contributed by atoms with E-state index >= 15 is 0 Å². The molecule has 0 atom stereocenters. The van der Waals surface area contributed by atoms with Crippen LogP contribution < -0.4 is 0 Å². The molecule has 2 aliphatic heterocycles. The normalized spacial score (nSPS) is 18.7. The molecule has 0 aromatic carbocycles. The predicted octanol–water partition coefficient (Wildman–Crippen LogP) is 5.16. The molecule has 0 aromatic rings. The zero-order valence-electron chi connectivity index (χ0n) is 18.4. The Labute approximate surface area is 195 Å². The Morgan fingerprint density at radius 3 is 1.09 bits per heavy atom. The first-order valence-electron chi connectivity index (χ1n) is 11.0. The minimum Gasteiger partial charge on any atom is -0.354 e. The molecule has 33 heavy (non-hydrogen) atoms. The summed E-state index contributed by atoms with van der Waals surface area (Å²) in [4.78, 5) is 26.7. The summed E-state index contributed by atoms with van der Waals surface area (Å²) in [5.41, 5.74) is 4.28. The first-order valence-corrected chi connectivity index (χ1v) is 11.0. The van der Waals surface area contributed by atoms with E-state index < -0.39 is 0 Å². The number of ketones is 2. The lowest BCUT2D eigenvalue weighted by molar-refractivity contribution is -0.111. The Balaban J connectivity index is 1.19. The highest BCUT2D eigenvalue weighted by atomic mass is 16.1. The van der Waals surface area contributed by atoms with E-state index in [2.05, 4.69) is 71.1 Å². The van der Waals surface area contributed by atoms with E-state index in [1.165, 1.54) is 0 Å². The Hall–Kier alpha value is -4.18. The quantitative estimate of drug-likeness (QED) is 0.579. The van der Waals surface area contributed by atoms with Crippen LogP contribution in [0.15, 0.2) is 144 Å². The van der Waals surface area contributed by atoms with Crippen molar-refractivity contribution in [1.29, 1.82) is 0 Å². The second-order valence-electron chi connectivity index (χ2n) is 7.90. The lowest BCUT2D eigenvalue weighted by Gasteiger charge is -2.22. The van der Waals surface area contributed by atoms with Crippen LogP contribution in [-0.2, 0) is 9.59 Å². The number of allylic oxidation sites excluding steroid dienone is 20. The van der Waals surface area contributed by atoms with Crippen molar-refractivity contribution >= 4 is 11.6 Å². The van der Waals surface area contributed by atoms with Crippen LogP contribution in [0, 0.1) is 0 Å². The Morgan fingerprint density at radius 1 is 0.455 bits per heavy atom. The molecule has 4 rings (SSSR count). The van der Waals surface area contributed by atoms with Gasteiger partial charge in [0.1, 0.15) is 0 Å². The molecule has 4 aliphatic rings. The van der Waals surface area contributed by atoms with Crippen molar-refractivity contribution in [1.82, 2.24) is 9.80 Å². The first kappa shape index (κ1) is 22.0. The average Bonchev–Trinajstić information content (AvgIpc) is 2.85. The smallest absolute Gasteiger partial charge is 0.178 e. The minimum atomic E-state index is 0.0302. The van der Waals surface area contributed by atoms with Gasteiger partial charge in [0.15, 0.2) is 11.6 Å². The fraction of sp³-hybridized carbons (Fsp3) is 0.103. The molecule has 0 saturated carbocycles. The van der Waals surface area contributed by atoms with Crippen LogP contribution in [-0.4, -0.2) is 34.5 Å². The highest BCUT2D eigenvalue weighted by molar-refractivity contribution is 6.01. The maximum atomic E-state index is 11.2. The summed E-state index contributed by atoms with van der Waals surface area (Å²) in [5, 5.41) is 0. The molecule has 0 saturated heterocycles. The average molecular weight is 435 g/mol.